The molecular weight excluding hydrogens is 260 g/mol. The van der Waals surface area contributed by atoms with Gasteiger partial charge in [-0.2, -0.15) is 0 Å². The van der Waals surface area contributed by atoms with Gasteiger partial charge in [-0.15, -0.1) is 0 Å². The molecule has 0 aliphatic carbocycles. The highest BCUT2D eigenvalue weighted by Gasteiger charge is 2.42. The maximum Gasteiger partial charge on any atom is 0.503 e. The Bertz CT molecular complexity index is 328. The highest BCUT2D eigenvalue weighted by Crippen LogP contribution is 2.26. The molecular formula is C14H24O4Si. The van der Waals surface area contributed by atoms with Gasteiger partial charge in [-0.1, -0.05) is 30.3 Å². The van der Waals surface area contributed by atoms with Gasteiger partial charge in [-0.25, -0.2) is 0 Å². The van der Waals surface area contributed by atoms with Crippen LogP contribution >= 0.6 is 0 Å². The van der Waals surface area contributed by atoms with Crippen molar-refractivity contribution in [1.82, 2.24) is 0 Å². The molecule has 0 saturated carbocycles. The Labute approximate surface area is 116 Å². The molecule has 0 bridgehead atoms. The van der Waals surface area contributed by atoms with Crippen molar-refractivity contribution < 1.29 is 18.4 Å². The molecule has 0 spiro atoms. The van der Waals surface area contributed by atoms with Crippen LogP contribution in [0.5, 0.6) is 0 Å². The topological polar surface area (TPSA) is 47.9 Å². The Hall–Kier alpha value is -0.723. The predicted molar refractivity (Wildman–Crippen MR) is 76.8 cm³/mol. The smallest absolute Gasteiger partial charge is 0.388 e. The van der Waals surface area contributed by atoms with Gasteiger partial charge in [0.2, 0.25) is 0 Å². The first-order chi connectivity index (χ1) is 9.17. The van der Waals surface area contributed by atoms with Gasteiger partial charge in [-0.05, 0) is 26.3 Å². The van der Waals surface area contributed by atoms with E-state index >= 15 is 0 Å². The number of hydrogen-bond donors (Lipinski definition) is 1. The highest BCUT2D eigenvalue weighted by molar-refractivity contribution is 6.60. The molecule has 4 nitrogen and oxygen atoms in total. The molecule has 0 aromatic heterocycles. The molecule has 0 aliphatic heterocycles. The summed E-state index contributed by atoms with van der Waals surface area (Å²) in [6.07, 6.45) is -0.627. The van der Waals surface area contributed by atoms with Gasteiger partial charge in [0, 0.05) is 25.9 Å². The Morgan fingerprint density at radius 2 is 1.42 bits per heavy atom. The lowest BCUT2D eigenvalue weighted by atomic mass is 10.1. The SMILES string of the molecule is CCO[Si](CC(O)c1ccccc1)(OCC)OCC. The van der Waals surface area contributed by atoms with Crippen molar-refractivity contribution in [1.29, 1.82) is 0 Å². The summed E-state index contributed by atoms with van der Waals surface area (Å²) in [7, 11) is -2.79. The summed E-state index contributed by atoms with van der Waals surface area (Å²) in [5.41, 5.74) is 0.860. The summed E-state index contributed by atoms with van der Waals surface area (Å²) >= 11 is 0. The molecule has 1 rings (SSSR count). The van der Waals surface area contributed by atoms with Crippen molar-refractivity contribution >= 4 is 8.80 Å². The van der Waals surface area contributed by atoms with Crippen molar-refractivity contribution in [2.75, 3.05) is 19.8 Å². The van der Waals surface area contributed by atoms with Crippen LogP contribution in [-0.4, -0.2) is 33.7 Å². The molecule has 0 heterocycles. The van der Waals surface area contributed by atoms with Gasteiger partial charge in [0.1, 0.15) is 0 Å². The maximum atomic E-state index is 10.3. The monoisotopic (exact) mass is 284 g/mol. The summed E-state index contributed by atoms with van der Waals surface area (Å²) in [6, 6.07) is 9.91. The van der Waals surface area contributed by atoms with E-state index in [0.29, 0.717) is 25.9 Å². The van der Waals surface area contributed by atoms with Crippen LogP contribution in [0.1, 0.15) is 32.4 Å². The fraction of sp³-hybridized carbons (Fsp3) is 0.571. The molecule has 108 valence electrons. The lowest BCUT2D eigenvalue weighted by Crippen LogP contribution is -2.47. The largest absolute Gasteiger partial charge is 0.503 e. The number of hydrogen-bond acceptors (Lipinski definition) is 4. The normalized spacial score (nSPS) is 13.5. The second-order valence-electron chi connectivity index (χ2n) is 4.11. The van der Waals surface area contributed by atoms with E-state index in [-0.39, 0.29) is 0 Å². The summed E-state index contributed by atoms with van der Waals surface area (Å²) < 4.78 is 17.2. The van der Waals surface area contributed by atoms with E-state index in [9.17, 15) is 5.11 Å². The summed E-state index contributed by atoms with van der Waals surface area (Å²) in [4.78, 5) is 0. The van der Waals surface area contributed by atoms with Crippen molar-refractivity contribution in [3.63, 3.8) is 0 Å². The molecule has 1 aromatic rings. The first-order valence-corrected chi connectivity index (χ1v) is 8.75. The van der Waals surface area contributed by atoms with Gasteiger partial charge >= 0.3 is 8.80 Å². The molecule has 1 N–H and O–H groups in total. The zero-order valence-corrected chi connectivity index (χ0v) is 13.0. The van der Waals surface area contributed by atoms with Gasteiger partial charge in [0.05, 0.1) is 6.10 Å². The van der Waals surface area contributed by atoms with Crippen LogP contribution < -0.4 is 0 Å². The van der Waals surface area contributed by atoms with E-state index in [0.717, 1.165) is 5.56 Å². The van der Waals surface area contributed by atoms with Crippen molar-refractivity contribution in [2.24, 2.45) is 0 Å². The van der Waals surface area contributed by atoms with E-state index in [1.54, 1.807) is 0 Å². The van der Waals surface area contributed by atoms with E-state index < -0.39 is 14.9 Å². The Morgan fingerprint density at radius 3 is 1.84 bits per heavy atom. The predicted octanol–water partition coefficient (Wildman–Crippen LogP) is 2.77. The van der Waals surface area contributed by atoms with E-state index in [1.165, 1.54) is 0 Å². The molecule has 0 saturated heterocycles. The van der Waals surface area contributed by atoms with E-state index in [2.05, 4.69) is 0 Å². The van der Waals surface area contributed by atoms with Crippen LogP contribution in [0.15, 0.2) is 30.3 Å². The molecule has 5 heteroatoms. The number of rotatable bonds is 9. The molecule has 1 unspecified atom stereocenters. The van der Waals surface area contributed by atoms with Crippen molar-refractivity contribution in [3.05, 3.63) is 35.9 Å². The van der Waals surface area contributed by atoms with Gasteiger partial charge in [0.25, 0.3) is 0 Å². The highest BCUT2D eigenvalue weighted by atomic mass is 28.4. The first-order valence-electron chi connectivity index (χ1n) is 6.82. The van der Waals surface area contributed by atoms with Crippen LogP contribution in [0.25, 0.3) is 0 Å². The number of aliphatic hydroxyl groups is 1. The summed E-state index contributed by atoms with van der Waals surface area (Å²) in [5.74, 6) is 0. The third kappa shape index (κ3) is 5.04. The average Bonchev–Trinajstić information content (AvgIpc) is 2.40. The second kappa shape index (κ2) is 8.45. The Kier molecular flexibility index (Phi) is 7.26. The standard InChI is InChI=1S/C14H24O4Si/c1-4-16-19(17-5-2,18-6-3)12-14(15)13-10-8-7-9-11-13/h7-11,14-15H,4-6,12H2,1-3H3. The van der Waals surface area contributed by atoms with Gasteiger partial charge < -0.3 is 18.4 Å². The Morgan fingerprint density at radius 1 is 0.947 bits per heavy atom. The molecule has 0 amide bonds. The molecule has 19 heavy (non-hydrogen) atoms. The minimum atomic E-state index is -2.79. The fourth-order valence-electron chi connectivity index (χ4n) is 1.99. The molecule has 1 atom stereocenters. The van der Waals surface area contributed by atoms with Crippen molar-refractivity contribution in [2.45, 2.75) is 32.9 Å². The average molecular weight is 284 g/mol. The van der Waals surface area contributed by atoms with E-state index in [1.807, 2.05) is 51.1 Å². The zero-order chi connectivity index (χ0) is 14.1. The third-order valence-electron chi connectivity index (χ3n) is 2.72. The van der Waals surface area contributed by atoms with Crippen LogP contribution in [0.2, 0.25) is 6.04 Å². The van der Waals surface area contributed by atoms with Crippen LogP contribution in [-0.2, 0) is 13.3 Å². The van der Waals surface area contributed by atoms with Gasteiger partial charge in [0.15, 0.2) is 0 Å². The maximum absolute atomic E-state index is 10.3. The van der Waals surface area contributed by atoms with Gasteiger partial charge in [-0.3, -0.25) is 0 Å². The van der Waals surface area contributed by atoms with Crippen LogP contribution in [0.4, 0.5) is 0 Å². The summed E-state index contributed by atoms with van der Waals surface area (Å²) in [6.45, 7) is 7.30. The summed E-state index contributed by atoms with van der Waals surface area (Å²) in [5, 5.41) is 10.3. The fourth-order valence-corrected chi connectivity index (χ4v) is 4.62. The zero-order valence-electron chi connectivity index (χ0n) is 12.0. The third-order valence-corrected chi connectivity index (χ3v) is 5.79. The second-order valence-corrected chi connectivity index (χ2v) is 6.75. The molecule has 0 aliphatic rings. The quantitative estimate of drug-likeness (QED) is 0.708. The molecule has 1 aromatic carbocycles. The molecule has 0 fully saturated rings. The number of aliphatic hydroxyl groups excluding tert-OH is 1. The molecule has 0 radical (unpaired) electrons. The minimum Gasteiger partial charge on any atom is -0.388 e. The van der Waals surface area contributed by atoms with Crippen LogP contribution in [0, 0.1) is 0 Å². The first kappa shape index (κ1) is 16.3. The lowest BCUT2D eigenvalue weighted by molar-refractivity contribution is 0.0556. The van der Waals surface area contributed by atoms with Crippen molar-refractivity contribution in [3.8, 4) is 0 Å². The minimum absolute atomic E-state index is 0.381. The lowest BCUT2D eigenvalue weighted by Gasteiger charge is -2.30. The van der Waals surface area contributed by atoms with E-state index in [4.69, 9.17) is 13.3 Å². The Balaban J connectivity index is 2.80. The van der Waals surface area contributed by atoms with Crippen LogP contribution in [0.3, 0.4) is 0 Å². The number of benzene rings is 1.